The van der Waals surface area contributed by atoms with Crippen LogP contribution in [0.1, 0.15) is 26.2 Å². The molecule has 0 amide bonds. The Kier molecular flexibility index (Phi) is 5.18. The van der Waals surface area contributed by atoms with Crippen molar-refractivity contribution in [2.45, 2.75) is 31.4 Å². The van der Waals surface area contributed by atoms with Crippen LogP contribution < -0.4 is 4.72 Å². The van der Waals surface area contributed by atoms with Crippen molar-refractivity contribution in [3.8, 4) is 0 Å². The van der Waals surface area contributed by atoms with Gasteiger partial charge in [0.1, 0.15) is 11.1 Å². The predicted molar refractivity (Wildman–Crippen MR) is 81.3 cm³/mol. The number of hydrogen-bond donors (Lipinski definition) is 1. The minimum atomic E-state index is -3.93. The second-order valence-electron chi connectivity index (χ2n) is 4.93. The monoisotopic (exact) mass is 327 g/mol. The van der Waals surface area contributed by atoms with Gasteiger partial charge in [0.2, 0.25) is 10.0 Å². The van der Waals surface area contributed by atoms with Crippen molar-refractivity contribution in [1.82, 2.24) is 0 Å². The molecule has 0 saturated carbocycles. The SMILES string of the molecule is CCOC(=O)C1=CCCC[C@H]1S(=O)(=O)Nc1ccccc1F. The molecule has 1 atom stereocenters. The number of anilines is 1. The summed E-state index contributed by atoms with van der Waals surface area (Å²) < 4.78 is 45.8. The van der Waals surface area contributed by atoms with Gasteiger partial charge in [0.15, 0.2) is 0 Å². The van der Waals surface area contributed by atoms with Gasteiger partial charge in [-0.3, -0.25) is 4.72 Å². The molecule has 0 unspecified atom stereocenters. The Bertz CT molecular complexity index is 685. The Hall–Kier alpha value is -1.89. The quantitative estimate of drug-likeness (QED) is 0.844. The van der Waals surface area contributed by atoms with E-state index in [-0.39, 0.29) is 17.9 Å². The lowest BCUT2D eigenvalue weighted by atomic mass is 9.99. The van der Waals surface area contributed by atoms with E-state index in [1.54, 1.807) is 13.0 Å². The molecule has 0 radical (unpaired) electrons. The van der Waals surface area contributed by atoms with E-state index in [4.69, 9.17) is 4.74 Å². The average Bonchev–Trinajstić information content (AvgIpc) is 2.50. The van der Waals surface area contributed by atoms with Crippen LogP contribution in [-0.2, 0) is 19.6 Å². The van der Waals surface area contributed by atoms with Gasteiger partial charge in [-0.15, -0.1) is 0 Å². The van der Waals surface area contributed by atoms with Gasteiger partial charge in [-0.25, -0.2) is 17.6 Å². The third kappa shape index (κ3) is 3.65. The maximum Gasteiger partial charge on any atom is 0.335 e. The molecule has 7 heteroatoms. The molecular weight excluding hydrogens is 309 g/mol. The number of carbonyl (C=O) groups is 1. The zero-order chi connectivity index (χ0) is 16.2. The summed E-state index contributed by atoms with van der Waals surface area (Å²) in [4.78, 5) is 11.9. The summed E-state index contributed by atoms with van der Waals surface area (Å²) in [5.74, 6) is -1.30. The molecule has 2 rings (SSSR count). The number of halogens is 1. The maximum atomic E-state index is 13.6. The van der Waals surface area contributed by atoms with Gasteiger partial charge in [-0.2, -0.15) is 0 Å². The molecule has 0 spiro atoms. The lowest BCUT2D eigenvalue weighted by molar-refractivity contribution is -0.138. The zero-order valence-electron chi connectivity index (χ0n) is 12.2. The molecule has 1 aromatic carbocycles. The number of benzene rings is 1. The number of para-hydroxylation sites is 1. The van der Waals surface area contributed by atoms with Crippen LogP contribution >= 0.6 is 0 Å². The Morgan fingerprint density at radius 2 is 2.14 bits per heavy atom. The fraction of sp³-hybridized carbons (Fsp3) is 0.400. The van der Waals surface area contributed by atoms with Gasteiger partial charge in [-0.05, 0) is 38.3 Å². The molecule has 0 bridgehead atoms. The average molecular weight is 327 g/mol. The molecule has 1 aliphatic carbocycles. The number of rotatable bonds is 5. The lowest BCUT2D eigenvalue weighted by Crippen LogP contribution is -2.34. The molecular formula is C15H18FNO4S. The number of sulfonamides is 1. The number of esters is 1. The van der Waals surface area contributed by atoms with Gasteiger partial charge >= 0.3 is 5.97 Å². The first kappa shape index (κ1) is 16.5. The summed E-state index contributed by atoms with van der Waals surface area (Å²) in [6.07, 6.45) is 3.16. The predicted octanol–water partition coefficient (Wildman–Crippen LogP) is 2.61. The summed E-state index contributed by atoms with van der Waals surface area (Å²) in [7, 11) is -3.93. The largest absolute Gasteiger partial charge is 0.463 e. The topological polar surface area (TPSA) is 72.5 Å². The standard InChI is InChI=1S/C15H18FNO4S/c1-2-21-15(18)11-7-3-6-10-14(11)22(19,20)17-13-9-5-4-8-12(13)16/h4-5,7-9,14,17H,2-3,6,10H2,1H3/t14-/m1/s1. The summed E-state index contributed by atoms with van der Waals surface area (Å²) in [6, 6.07) is 5.51. The molecule has 0 aromatic heterocycles. The van der Waals surface area contributed by atoms with Crippen LogP contribution in [0.5, 0.6) is 0 Å². The van der Waals surface area contributed by atoms with Crippen molar-refractivity contribution >= 4 is 21.7 Å². The van der Waals surface area contributed by atoms with Crippen molar-refractivity contribution < 1.29 is 22.3 Å². The number of allylic oxidation sites excluding steroid dienone is 1. The first-order chi connectivity index (χ1) is 10.5. The molecule has 0 aliphatic heterocycles. The van der Waals surface area contributed by atoms with Gasteiger partial charge in [0.25, 0.3) is 0 Å². The van der Waals surface area contributed by atoms with E-state index in [0.29, 0.717) is 19.3 Å². The fourth-order valence-corrected chi connectivity index (χ4v) is 3.99. The third-order valence-electron chi connectivity index (χ3n) is 3.39. The molecule has 0 heterocycles. The van der Waals surface area contributed by atoms with Crippen LogP contribution in [0.25, 0.3) is 0 Å². The highest BCUT2D eigenvalue weighted by atomic mass is 32.2. The van der Waals surface area contributed by atoms with E-state index >= 15 is 0 Å². The van der Waals surface area contributed by atoms with Crippen molar-refractivity contribution in [3.05, 3.63) is 41.7 Å². The molecule has 22 heavy (non-hydrogen) atoms. The van der Waals surface area contributed by atoms with Crippen LogP contribution in [-0.4, -0.2) is 26.2 Å². The van der Waals surface area contributed by atoms with Crippen molar-refractivity contribution in [2.75, 3.05) is 11.3 Å². The Labute approximate surface area is 129 Å². The van der Waals surface area contributed by atoms with Crippen molar-refractivity contribution in [2.24, 2.45) is 0 Å². The highest BCUT2D eigenvalue weighted by Gasteiger charge is 2.35. The minimum absolute atomic E-state index is 0.122. The third-order valence-corrected chi connectivity index (χ3v) is 5.14. The molecule has 0 saturated heterocycles. The molecule has 5 nitrogen and oxygen atoms in total. The second kappa shape index (κ2) is 6.91. The van der Waals surface area contributed by atoms with Crippen LogP contribution in [0.2, 0.25) is 0 Å². The zero-order valence-corrected chi connectivity index (χ0v) is 13.0. The van der Waals surface area contributed by atoms with E-state index in [0.717, 1.165) is 0 Å². The van der Waals surface area contributed by atoms with E-state index in [1.807, 2.05) is 0 Å². The van der Waals surface area contributed by atoms with Crippen molar-refractivity contribution in [3.63, 3.8) is 0 Å². The van der Waals surface area contributed by atoms with E-state index < -0.39 is 27.1 Å². The van der Waals surface area contributed by atoms with E-state index in [1.165, 1.54) is 24.3 Å². The lowest BCUT2D eigenvalue weighted by Gasteiger charge is -2.23. The molecule has 0 fully saturated rings. The normalized spacial score (nSPS) is 18.5. The first-order valence-corrected chi connectivity index (χ1v) is 8.63. The second-order valence-corrected chi connectivity index (χ2v) is 6.79. The Morgan fingerprint density at radius 1 is 1.41 bits per heavy atom. The molecule has 120 valence electrons. The van der Waals surface area contributed by atoms with Gasteiger partial charge in [0.05, 0.1) is 17.9 Å². The van der Waals surface area contributed by atoms with Crippen LogP contribution in [0.4, 0.5) is 10.1 Å². The van der Waals surface area contributed by atoms with Gasteiger partial charge in [0, 0.05) is 0 Å². The van der Waals surface area contributed by atoms with Gasteiger partial charge < -0.3 is 4.74 Å². The first-order valence-electron chi connectivity index (χ1n) is 7.09. The number of nitrogens with one attached hydrogen (secondary N) is 1. The van der Waals surface area contributed by atoms with E-state index in [9.17, 15) is 17.6 Å². The smallest absolute Gasteiger partial charge is 0.335 e. The summed E-state index contributed by atoms with van der Waals surface area (Å²) in [6.45, 7) is 1.83. The van der Waals surface area contributed by atoms with Crippen LogP contribution in [0, 0.1) is 5.82 Å². The van der Waals surface area contributed by atoms with Crippen molar-refractivity contribution in [1.29, 1.82) is 0 Å². The highest BCUT2D eigenvalue weighted by molar-refractivity contribution is 7.93. The molecule has 1 aromatic rings. The number of hydrogen-bond acceptors (Lipinski definition) is 4. The van der Waals surface area contributed by atoms with Crippen LogP contribution in [0.3, 0.4) is 0 Å². The number of carbonyl (C=O) groups excluding carboxylic acids is 1. The maximum absolute atomic E-state index is 13.6. The Morgan fingerprint density at radius 3 is 2.82 bits per heavy atom. The summed E-state index contributed by atoms with van der Waals surface area (Å²) in [5.41, 5.74) is -0.00628. The fourth-order valence-electron chi connectivity index (χ4n) is 2.37. The minimum Gasteiger partial charge on any atom is -0.463 e. The number of ether oxygens (including phenoxy) is 1. The van der Waals surface area contributed by atoms with Gasteiger partial charge in [-0.1, -0.05) is 18.2 Å². The molecule has 1 aliphatic rings. The molecule has 1 N–H and O–H groups in total. The van der Waals surface area contributed by atoms with E-state index in [2.05, 4.69) is 4.72 Å². The highest BCUT2D eigenvalue weighted by Crippen LogP contribution is 2.28. The summed E-state index contributed by atoms with van der Waals surface area (Å²) in [5, 5.41) is -1.03. The van der Waals surface area contributed by atoms with Crippen LogP contribution in [0.15, 0.2) is 35.9 Å². The Balaban J connectivity index is 2.27. The summed E-state index contributed by atoms with van der Waals surface area (Å²) >= 11 is 0.